The van der Waals surface area contributed by atoms with Crippen LogP contribution < -0.4 is 5.32 Å². The van der Waals surface area contributed by atoms with Crippen molar-refractivity contribution in [2.75, 3.05) is 6.54 Å². The van der Waals surface area contributed by atoms with E-state index in [4.69, 9.17) is 0 Å². The third-order valence-electron chi connectivity index (χ3n) is 3.90. The minimum absolute atomic E-state index is 0.235. The first-order valence-corrected chi connectivity index (χ1v) is 7.74. The molecule has 0 aliphatic carbocycles. The van der Waals surface area contributed by atoms with Crippen LogP contribution in [0.4, 0.5) is 13.2 Å². The first-order valence-electron chi connectivity index (χ1n) is 7.74. The highest BCUT2D eigenvalue weighted by Gasteiger charge is 2.34. The highest BCUT2D eigenvalue weighted by atomic mass is 19.4. The van der Waals surface area contributed by atoms with Crippen molar-refractivity contribution in [3.05, 3.63) is 77.5 Å². The summed E-state index contributed by atoms with van der Waals surface area (Å²) in [5.41, 5.74) is 0.528. The SMILES string of the molecule is O=C(NCCc1ccnc2ccccc12)c1ccccc1C(F)(F)F. The number of fused-ring (bicyclic) bond motifs is 1. The van der Waals surface area contributed by atoms with E-state index < -0.39 is 17.6 Å². The Morgan fingerprint density at radius 2 is 1.72 bits per heavy atom. The summed E-state index contributed by atoms with van der Waals surface area (Å²) < 4.78 is 39.0. The van der Waals surface area contributed by atoms with Gasteiger partial charge in [-0.2, -0.15) is 13.2 Å². The second-order valence-corrected chi connectivity index (χ2v) is 5.54. The van der Waals surface area contributed by atoms with Gasteiger partial charge in [0.15, 0.2) is 0 Å². The summed E-state index contributed by atoms with van der Waals surface area (Å²) in [6.07, 6.45) is -2.38. The highest BCUT2D eigenvalue weighted by Crippen LogP contribution is 2.31. The van der Waals surface area contributed by atoms with E-state index in [1.165, 1.54) is 18.2 Å². The Morgan fingerprint density at radius 3 is 2.52 bits per heavy atom. The normalized spacial score (nSPS) is 11.5. The van der Waals surface area contributed by atoms with Crippen molar-refractivity contribution in [2.45, 2.75) is 12.6 Å². The fraction of sp³-hybridized carbons (Fsp3) is 0.158. The van der Waals surface area contributed by atoms with Crippen LogP contribution in [-0.2, 0) is 12.6 Å². The number of carbonyl (C=O) groups excluding carboxylic acids is 1. The molecule has 0 bridgehead atoms. The topological polar surface area (TPSA) is 42.0 Å². The highest BCUT2D eigenvalue weighted by molar-refractivity contribution is 5.95. The lowest BCUT2D eigenvalue weighted by molar-refractivity contribution is -0.137. The Balaban J connectivity index is 1.71. The smallest absolute Gasteiger partial charge is 0.352 e. The van der Waals surface area contributed by atoms with Gasteiger partial charge in [0.05, 0.1) is 16.6 Å². The van der Waals surface area contributed by atoms with E-state index in [-0.39, 0.29) is 12.1 Å². The largest absolute Gasteiger partial charge is 0.417 e. The van der Waals surface area contributed by atoms with Crippen LogP contribution in [-0.4, -0.2) is 17.4 Å². The van der Waals surface area contributed by atoms with Gasteiger partial charge in [0.1, 0.15) is 0 Å². The van der Waals surface area contributed by atoms with Gasteiger partial charge < -0.3 is 5.32 Å². The zero-order valence-corrected chi connectivity index (χ0v) is 13.2. The summed E-state index contributed by atoms with van der Waals surface area (Å²) in [6.45, 7) is 0.235. The van der Waals surface area contributed by atoms with Crippen LogP contribution in [0, 0.1) is 0 Å². The number of benzene rings is 2. The van der Waals surface area contributed by atoms with Gasteiger partial charge in [0.2, 0.25) is 0 Å². The van der Waals surface area contributed by atoms with Crippen LogP contribution in [0.1, 0.15) is 21.5 Å². The zero-order chi connectivity index (χ0) is 17.9. The van der Waals surface area contributed by atoms with Crippen molar-refractivity contribution in [3.8, 4) is 0 Å². The number of rotatable bonds is 4. The van der Waals surface area contributed by atoms with Crippen LogP contribution in [0.5, 0.6) is 0 Å². The van der Waals surface area contributed by atoms with E-state index in [0.717, 1.165) is 22.5 Å². The summed E-state index contributed by atoms with van der Waals surface area (Å²) in [5, 5.41) is 3.53. The summed E-state index contributed by atoms with van der Waals surface area (Å²) in [5.74, 6) is -0.730. The fourth-order valence-electron chi connectivity index (χ4n) is 2.71. The van der Waals surface area contributed by atoms with Gasteiger partial charge in [-0.05, 0) is 36.2 Å². The molecule has 128 valence electrons. The number of halogens is 3. The van der Waals surface area contributed by atoms with Gasteiger partial charge in [-0.3, -0.25) is 9.78 Å². The monoisotopic (exact) mass is 344 g/mol. The number of nitrogens with one attached hydrogen (secondary N) is 1. The first-order chi connectivity index (χ1) is 12.0. The maximum atomic E-state index is 13.0. The molecular formula is C19H15F3N2O. The molecule has 1 N–H and O–H groups in total. The third kappa shape index (κ3) is 3.79. The van der Waals surface area contributed by atoms with Crippen molar-refractivity contribution in [1.29, 1.82) is 0 Å². The Hall–Kier alpha value is -2.89. The molecule has 0 saturated carbocycles. The number of carbonyl (C=O) groups is 1. The Kier molecular flexibility index (Phi) is 4.70. The molecule has 25 heavy (non-hydrogen) atoms. The van der Waals surface area contributed by atoms with Crippen molar-refractivity contribution in [1.82, 2.24) is 10.3 Å². The Bertz CT molecular complexity index is 901. The lowest BCUT2D eigenvalue weighted by atomic mass is 10.1. The number of para-hydroxylation sites is 1. The molecule has 0 aliphatic heterocycles. The molecule has 0 fully saturated rings. The van der Waals surface area contributed by atoms with Crippen LogP contribution in [0.2, 0.25) is 0 Å². The van der Waals surface area contributed by atoms with Gasteiger partial charge in [-0.15, -0.1) is 0 Å². The number of alkyl halides is 3. The summed E-state index contributed by atoms with van der Waals surface area (Å²) in [4.78, 5) is 16.4. The van der Waals surface area contributed by atoms with Gasteiger partial charge in [0, 0.05) is 18.1 Å². The molecule has 3 nitrogen and oxygen atoms in total. The summed E-state index contributed by atoms with van der Waals surface area (Å²) in [6, 6.07) is 14.2. The van der Waals surface area contributed by atoms with E-state index >= 15 is 0 Å². The molecule has 1 aromatic heterocycles. The van der Waals surface area contributed by atoms with E-state index in [2.05, 4.69) is 10.3 Å². The average molecular weight is 344 g/mol. The van der Waals surface area contributed by atoms with Crippen molar-refractivity contribution >= 4 is 16.8 Å². The average Bonchev–Trinajstić information content (AvgIpc) is 2.61. The minimum atomic E-state index is -4.56. The number of hydrogen-bond acceptors (Lipinski definition) is 2. The predicted molar refractivity (Wildman–Crippen MR) is 89.2 cm³/mol. The lowest BCUT2D eigenvalue weighted by Crippen LogP contribution is -2.28. The molecule has 1 heterocycles. The third-order valence-corrected chi connectivity index (χ3v) is 3.90. The van der Waals surface area contributed by atoms with Crippen molar-refractivity contribution in [3.63, 3.8) is 0 Å². The molecule has 1 amide bonds. The Labute approximate surface area is 142 Å². The van der Waals surface area contributed by atoms with Gasteiger partial charge in [-0.25, -0.2) is 0 Å². The molecule has 0 saturated heterocycles. The number of hydrogen-bond donors (Lipinski definition) is 1. The molecule has 0 spiro atoms. The number of aromatic nitrogens is 1. The molecule has 6 heteroatoms. The van der Waals surface area contributed by atoms with E-state index in [1.54, 1.807) is 6.20 Å². The molecular weight excluding hydrogens is 329 g/mol. The second-order valence-electron chi connectivity index (χ2n) is 5.54. The van der Waals surface area contributed by atoms with E-state index in [1.807, 2.05) is 30.3 Å². The van der Waals surface area contributed by atoms with Gasteiger partial charge >= 0.3 is 6.18 Å². The standard InChI is InChI=1S/C19H15F3N2O/c20-19(21,22)16-7-3-1-6-15(16)18(25)24-12-10-13-9-11-23-17-8-4-2-5-14(13)17/h1-9,11H,10,12H2,(H,24,25). The molecule has 0 atom stereocenters. The Morgan fingerprint density at radius 1 is 1.00 bits per heavy atom. The quantitative estimate of drug-likeness (QED) is 0.770. The van der Waals surface area contributed by atoms with E-state index in [0.29, 0.717) is 6.42 Å². The number of amides is 1. The number of pyridine rings is 1. The molecule has 0 aliphatic rings. The lowest BCUT2D eigenvalue weighted by Gasteiger charge is -2.13. The molecule has 3 rings (SSSR count). The van der Waals surface area contributed by atoms with Crippen molar-refractivity contribution < 1.29 is 18.0 Å². The van der Waals surface area contributed by atoms with Crippen LogP contribution in [0.15, 0.2) is 60.8 Å². The summed E-state index contributed by atoms with van der Waals surface area (Å²) in [7, 11) is 0. The molecule has 0 unspecified atom stereocenters. The first kappa shape index (κ1) is 17.0. The predicted octanol–water partition coefficient (Wildman–Crippen LogP) is 4.23. The van der Waals surface area contributed by atoms with Crippen molar-refractivity contribution in [2.24, 2.45) is 0 Å². The van der Waals surface area contributed by atoms with Crippen LogP contribution >= 0.6 is 0 Å². The van der Waals surface area contributed by atoms with Crippen LogP contribution in [0.3, 0.4) is 0 Å². The fourth-order valence-corrected chi connectivity index (χ4v) is 2.71. The second kappa shape index (κ2) is 6.93. The minimum Gasteiger partial charge on any atom is -0.352 e. The van der Waals surface area contributed by atoms with Crippen LogP contribution in [0.25, 0.3) is 10.9 Å². The van der Waals surface area contributed by atoms with Gasteiger partial charge in [-0.1, -0.05) is 30.3 Å². The molecule has 3 aromatic rings. The summed E-state index contributed by atoms with van der Waals surface area (Å²) >= 11 is 0. The zero-order valence-electron chi connectivity index (χ0n) is 13.2. The maximum absolute atomic E-state index is 13.0. The molecule has 2 aromatic carbocycles. The maximum Gasteiger partial charge on any atom is 0.417 e. The van der Waals surface area contributed by atoms with E-state index in [9.17, 15) is 18.0 Å². The van der Waals surface area contributed by atoms with Gasteiger partial charge in [0.25, 0.3) is 5.91 Å². The number of nitrogens with zero attached hydrogens (tertiary/aromatic N) is 1. The molecule has 0 radical (unpaired) electrons.